The summed E-state index contributed by atoms with van der Waals surface area (Å²) in [4.78, 5) is 12.1. The number of hydrogen-bond acceptors (Lipinski definition) is 2. The molecule has 0 bridgehead atoms. The standard InChI is InChI=1S/C15H19Cl2NO/c16-13-5-4-11(9-14(13)17)8-12(19)10-15(18)6-2-1-3-7-15/h4-5,9H,1-3,6-8,10,18H2. The molecule has 1 aliphatic carbocycles. The third-order valence-corrected chi connectivity index (χ3v) is 4.52. The van der Waals surface area contributed by atoms with Gasteiger partial charge >= 0.3 is 0 Å². The lowest BCUT2D eigenvalue weighted by atomic mass is 9.78. The van der Waals surface area contributed by atoms with Crippen molar-refractivity contribution in [2.24, 2.45) is 5.73 Å². The molecule has 2 rings (SSSR count). The molecule has 1 aromatic carbocycles. The van der Waals surface area contributed by atoms with Crippen molar-refractivity contribution in [2.75, 3.05) is 0 Å². The number of halogens is 2. The second-order valence-corrected chi connectivity index (χ2v) is 6.38. The highest BCUT2D eigenvalue weighted by molar-refractivity contribution is 6.42. The first-order valence-electron chi connectivity index (χ1n) is 6.73. The smallest absolute Gasteiger partial charge is 0.139 e. The minimum absolute atomic E-state index is 0.183. The topological polar surface area (TPSA) is 43.1 Å². The van der Waals surface area contributed by atoms with Crippen LogP contribution in [0.1, 0.15) is 44.1 Å². The lowest BCUT2D eigenvalue weighted by Crippen LogP contribution is -2.43. The largest absolute Gasteiger partial charge is 0.325 e. The molecule has 0 saturated heterocycles. The Morgan fingerprint density at radius 3 is 2.47 bits per heavy atom. The number of ketones is 1. The molecule has 0 heterocycles. The fourth-order valence-corrected chi connectivity index (χ4v) is 3.09. The Balaban J connectivity index is 1.95. The highest BCUT2D eigenvalue weighted by atomic mass is 35.5. The van der Waals surface area contributed by atoms with Crippen molar-refractivity contribution in [3.05, 3.63) is 33.8 Å². The van der Waals surface area contributed by atoms with Gasteiger partial charge in [0.15, 0.2) is 0 Å². The average molecular weight is 300 g/mol. The molecule has 0 spiro atoms. The molecule has 2 N–H and O–H groups in total. The zero-order valence-electron chi connectivity index (χ0n) is 10.9. The van der Waals surface area contributed by atoms with Crippen molar-refractivity contribution in [1.82, 2.24) is 0 Å². The fourth-order valence-electron chi connectivity index (χ4n) is 2.77. The summed E-state index contributed by atoms with van der Waals surface area (Å²) in [7, 11) is 0. The number of nitrogens with two attached hydrogens (primary N) is 1. The van der Waals surface area contributed by atoms with E-state index in [0.29, 0.717) is 22.9 Å². The van der Waals surface area contributed by atoms with E-state index in [1.54, 1.807) is 12.1 Å². The van der Waals surface area contributed by atoms with Crippen LogP contribution < -0.4 is 5.73 Å². The van der Waals surface area contributed by atoms with E-state index in [0.717, 1.165) is 31.2 Å². The molecular weight excluding hydrogens is 281 g/mol. The molecule has 0 aromatic heterocycles. The molecular formula is C15H19Cl2NO. The van der Waals surface area contributed by atoms with Gasteiger partial charge in [-0.3, -0.25) is 4.79 Å². The maximum atomic E-state index is 12.1. The molecule has 0 amide bonds. The van der Waals surface area contributed by atoms with E-state index in [-0.39, 0.29) is 11.3 Å². The maximum absolute atomic E-state index is 12.1. The zero-order chi connectivity index (χ0) is 13.9. The monoisotopic (exact) mass is 299 g/mol. The van der Waals surface area contributed by atoms with E-state index < -0.39 is 0 Å². The zero-order valence-corrected chi connectivity index (χ0v) is 12.4. The maximum Gasteiger partial charge on any atom is 0.139 e. The first-order chi connectivity index (χ1) is 8.98. The summed E-state index contributed by atoms with van der Waals surface area (Å²) in [6.45, 7) is 0. The van der Waals surface area contributed by atoms with Gasteiger partial charge in [0.25, 0.3) is 0 Å². The number of benzene rings is 1. The van der Waals surface area contributed by atoms with Crippen LogP contribution in [0, 0.1) is 0 Å². The van der Waals surface area contributed by atoms with Crippen LogP contribution in [0.4, 0.5) is 0 Å². The Bertz CT molecular complexity index is 467. The number of carbonyl (C=O) groups is 1. The van der Waals surface area contributed by atoms with Gasteiger partial charge < -0.3 is 5.73 Å². The first-order valence-corrected chi connectivity index (χ1v) is 7.49. The van der Waals surface area contributed by atoms with Crippen LogP contribution in [-0.2, 0) is 11.2 Å². The molecule has 104 valence electrons. The first kappa shape index (κ1) is 14.8. The minimum Gasteiger partial charge on any atom is -0.325 e. The Labute approximate surface area is 124 Å². The molecule has 2 nitrogen and oxygen atoms in total. The van der Waals surface area contributed by atoms with Crippen molar-refractivity contribution in [2.45, 2.75) is 50.5 Å². The van der Waals surface area contributed by atoms with Crippen LogP contribution in [0.25, 0.3) is 0 Å². The van der Waals surface area contributed by atoms with Crippen molar-refractivity contribution in [3.63, 3.8) is 0 Å². The summed E-state index contributed by atoms with van der Waals surface area (Å²) >= 11 is 11.8. The highest BCUT2D eigenvalue weighted by Crippen LogP contribution is 2.29. The normalized spacial score (nSPS) is 18.3. The van der Waals surface area contributed by atoms with Crippen LogP contribution in [0.3, 0.4) is 0 Å². The molecule has 0 unspecified atom stereocenters. The molecule has 1 fully saturated rings. The average Bonchev–Trinajstić information content (AvgIpc) is 2.34. The van der Waals surface area contributed by atoms with E-state index in [9.17, 15) is 4.79 Å². The SMILES string of the molecule is NC1(CC(=O)Cc2ccc(Cl)c(Cl)c2)CCCCC1. The van der Waals surface area contributed by atoms with Gasteiger partial charge in [-0.2, -0.15) is 0 Å². The predicted molar refractivity (Wildman–Crippen MR) is 79.8 cm³/mol. The fraction of sp³-hybridized carbons (Fsp3) is 0.533. The van der Waals surface area contributed by atoms with Crippen LogP contribution in [0.2, 0.25) is 10.0 Å². The second-order valence-electron chi connectivity index (χ2n) is 5.56. The van der Waals surface area contributed by atoms with E-state index in [2.05, 4.69) is 0 Å². The van der Waals surface area contributed by atoms with Gasteiger partial charge in [-0.25, -0.2) is 0 Å². The Morgan fingerprint density at radius 1 is 1.16 bits per heavy atom. The van der Waals surface area contributed by atoms with Crippen LogP contribution in [0.5, 0.6) is 0 Å². The van der Waals surface area contributed by atoms with Gasteiger partial charge in [0, 0.05) is 18.4 Å². The van der Waals surface area contributed by atoms with Crippen molar-refractivity contribution < 1.29 is 4.79 Å². The molecule has 1 aromatic rings. The van der Waals surface area contributed by atoms with Crippen molar-refractivity contribution in [3.8, 4) is 0 Å². The second kappa shape index (κ2) is 6.25. The van der Waals surface area contributed by atoms with Gasteiger partial charge in [-0.05, 0) is 30.5 Å². The summed E-state index contributed by atoms with van der Waals surface area (Å²) in [6, 6.07) is 5.33. The predicted octanol–water partition coefficient (Wildman–Crippen LogP) is 4.16. The van der Waals surface area contributed by atoms with Crippen LogP contribution in [-0.4, -0.2) is 11.3 Å². The molecule has 4 heteroatoms. The number of carbonyl (C=O) groups excluding carboxylic acids is 1. The van der Waals surface area contributed by atoms with E-state index in [4.69, 9.17) is 28.9 Å². The van der Waals surface area contributed by atoms with Gasteiger partial charge in [0.2, 0.25) is 0 Å². The third-order valence-electron chi connectivity index (χ3n) is 3.78. The Morgan fingerprint density at radius 2 is 1.84 bits per heavy atom. The number of Topliss-reactive ketones (excluding diaryl/α,β-unsaturated/α-hetero) is 1. The Kier molecular flexibility index (Phi) is 4.88. The van der Waals surface area contributed by atoms with Crippen molar-refractivity contribution in [1.29, 1.82) is 0 Å². The summed E-state index contributed by atoms with van der Waals surface area (Å²) in [5, 5.41) is 1.01. The Hall–Kier alpha value is -0.570. The summed E-state index contributed by atoms with van der Waals surface area (Å²) in [5.41, 5.74) is 6.92. The van der Waals surface area contributed by atoms with E-state index in [1.165, 1.54) is 6.42 Å². The lowest BCUT2D eigenvalue weighted by Gasteiger charge is -2.32. The molecule has 0 atom stereocenters. The van der Waals surface area contributed by atoms with Gasteiger partial charge in [0.1, 0.15) is 5.78 Å². The minimum atomic E-state index is -0.286. The van der Waals surface area contributed by atoms with E-state index in [1.807, 2.05) is 6.07 Å². The van der Waals surface area contributed by atoms with Crippen molar-refractivity contribution >= 4 is 29.0 Å². The third kappa shape index (κ3) is 4.20. The molecule has 0 aliphatic heterocycles. The van der Waals surface area contributed by atoms with E-state index >= 15 is 0 Å². The van der Waals surface area contributed by atoms with Gasteiger partial charge in [-0.1, -0.05) is 48.5 Å². The van der Waals surface area contributed by atoms with Gasteiger partial charge in [0.05, 0.1) is 10.0 Å². The molecule has 0 radical (unpaired) electrons. The van der Waals surface area contributed by atoms with Crippen LogP contribution >= 0.6 is 23.2 Å². The summed E-state index contributed by atoms with van der Waals surface area (Å²) < 4.78 is 0. The summed E-state index contributed by atoms with van der Waals surface area (Å²) in [6.07, 6.45) is 6.27. The highest BCUT2D eigenvalue weighted by Gasteiger charge is 2.29. The summed E-state index contributed by atoms with van der Waals surface area (Å²) in [5.74, 6) is 0.183. The molecule has 19 heavy (non-hydrogen) atoms. The molecule has 1 saturated carbocycles. The number of rotatable bonds is 4. The number of hydrogen-bond donors (Lipinski definition) is 1. The van der Waals surface area contributed by atoms with Gasteiger partial charge in [-0.15, -0.1) is 0 Å². The lowest BCUT2D eigenvalue weighted by molar-refractivity contribution is -0.119. The van der Waals surface area contributed by atoms with Crippen LogP contribution in [0.15, 0.2) is 18.2 Å². The quantitative estimate of drug-likeness (QED) is 0.907. The molecule has 1 aliphatic rings.